The summed E-state index contributed by atoms with van der Waals surface area (Å²) in [6.07, 6.45) is 3.05. The van der Waals surface area contributed by atoms with Crippen LogP contribution in [-0.2, 0) is 16.0 Å². The van der Waals surface area contributed by atoms with Crippen molar-refractivity contribution in [2.75, 3.05) is 7.11 Å². The number of hydrogen-bond donors (Lipinski definition) is 1. The molecule has 88 valence electrons. The molecule has 0 aliphatic heterocycles. The Morgan fingerprint density at radius 2 is 2.18 bits per heavy atom. The lowest BCUT2D eigenvalue weighted by molar-refractivity contribution is -0.139. The Balaban J connectivity index is 2.32. The molecule has 7 nitrogen and oxygen atoms in total. The summed E-state index contributed by atoms with van der Waals surface area (Å²) in [6.45, 7) is 0. The molecule has 0 saturated carbocycles. The molecule has 0 amide bonds. The lowest BCUT2D eigenvalue weighted by atomic mass is 10.3. The van der Waals surface area contributed by atoms with Crippen molar-refractivity contribution in [3.8, 4) is 5.95 Å². The van der Waals surface area contributed by atoms with E-state index >= 15 is 0 Å². The van der Waals surface area contributed by atoms with Crippen LogP contribution in [0.5, 0.6) is 0 Å². The van der Waals surface area contributed by atoms with E-state index in [-0.39, 0.29) is 17.9 Å². The number of carbonyl (C=O) groups excluding carboxylic acids is 1. The third-order valence-electron chi connectivity index (χ3n) is 2.09. The lowest BCUT2D eigenvalue weighted by Gasteiger charge is -1.98. The highest BCUT2D eigenvalue weighted by Crippen LogP contribution is 1.98. The van der Waals surface area contributed by atoms with E-state index in [0.717, 1.165) is 4.68 Å². The van der Waals surface area contributed by atoms with Crippen LogP contribution in [0.4, 0.5) is 0 Å². The lowest BCUT2D eigenvalue weighted by Crippen LogP contribution is -2.16. The number of carbonyl (C=O) groups is 1. The number of esters is 1. The van der Waals surface area contributed by atoms with Gasteiger partial charge in [0, 0.05) is 24.2 Å². The van der Waals surface area contributed by atoms with Crippen molar-refractivity contribution in [1.82, 2.24) is 19.7 Å². The molecule has 0 saturated heterocycles. The van der Waals surface area contributed by atoms with E-state index < -0.39 is 5.97 Å². The summed E-state index contributed by atoms with van der Waals surface area (Å²) in [4.78, 5) is 30.5. The van der Waals surface area contributed by atoms with Gasteiger partial charge in [0.15, 0.2) is 0 Å². The summed E-state index contributed by atoms with van der Waals surface area (Å²) >= 11 is 0. The third-order valence-corrected chi connectivity index (χ3v) is 2.09. The van der Waals surface area contributed by atoms with E-state index in [1.165, 1.54) is 25.6 Å². The molecule has 0 fully saturated rings. The normalized spacial score (nSPS) is 10.2. The average molecular weight is 234 g/mol. The van der Waals surface area contributed by atoms with Crippen LogP contribution in [0.15, 0.2) is 29.3 Å². The third kappa shape index (κ3) is 2.39. The zero-order chi connectivity index (χ0) is 12.3. The van der Waals surface area contributed by atoms with E-state index in [2.05, 4.69) is 19.8 Å². The summed E-state index contributed by atoms with van der Waals surface area (Å²) in [7, 11) is 1.29. The van der Waals surface area contributed by atoms with Crippen LogP contribution in [0.2, 0.25) is 0 Å². The second-order valence-corrected chi connectivity index (χ2v) is 3.26. The molecule has 0 unspecified atom stereocenters. The number of rotatable bonds is 3. The highest BCUT2D eigenvalue weighted by atomic mass is 16.5. The predicted molar refractivity (Wildman–Crippen MR) is 57.7 cm³/mol. The number of methoxy groups -OCH3 is 1. The minimum atomic E-state index is -0.424. The van der Waals surface area contributed by atoms with Crippen LogP contribution < -0.4 is 5.56 Å². The van der Waals surface area contributed by atoms with Gasteiger partial charge in [0.25, 0.3) is 11.5 Å². The average Bonchev–Trinajstić information content (AvgIpc) is 2.71. The fraction of sp³-hybridized carbons (Fsp3) is 0.200. The van der Waals surface area contributed by atoms with Gasteiger partial charge in [0.1, 0.15) is 0 Å². The Kier molecular flexibility index (Phi) is 2.99. The van der Waals surface area contributed by atoms with E-state index in [0.29, 0.717) is 5.69 Å². The SMILES string of the molecule is COC(=O)Cc1cc(=O)n(-c2ncccn2)[nH]1. The number of aromatic amines is 1. The summed E-state index contributed by atoms with van der Waals surface area (Å²) < 4.78 is 5.67. The van der Waals surface area contributed by atoms with Crippen LogP contribution in [0.25, 0.3) is 5.95 Å². The molecule has 0 spiro atoms. The molecular formula is C10H10N4O3. The second-order valence-electron chi connectivity index (χ2n) is 3.26. The van der Waals surface area contributed by atoms with E-state index in [9.17, 15) is 9.59 Å². The van der Waals surface area contributed by atoms with Crippen LogP contribution >= 0.6 is 0 Å². The first-order valence-corrected chi connectivity index (χ1v) is 4.86. The smallest absolute Gasteiger partial charge is 0.311 e. The monoisotopic (exact) mass is 234 g/mol. The maximum absolute atomic E-state index is 11.6. The summed E-state index contributed by atoms with van der Waals surface area (Å²) in [5, 5.41) is 2.74. The predicted octanol–water partition coefficient (Wildman–Crippen LogP) is -0.329. The molecule has 7 heteroatoms. The Morgan fingerprint density at radius 3 is 2.82 bits per heavy atom. The van der Waals surface area contributed by atoms with Crippen molar-refractivity contribution >= 4 is 5.97 Å². The summed E-state index contributed by atoms with van der Waals surface area (Å²) in [6, 6.07) is 2.96. The largest absolute Gasteiger partial charge is 0.469 e. The first kappa shape index (κ1) is 11.1. The second kappa shape index (κ2) is 4.60. The Morgan fingerprint density at radius 1 is 1.47 bits per heavy atom. The standard InChI is InChI=1S/C10H10N4O3/c1-17-9(16)6-7-5-8(15)14(13-7)10-11-3-2-4-12-10/h2-5,13H,6H2,1H3. The minimum Gasteiger partial charge on any atom is -0.469 e. The molecular weight excluding hydrogens is 224 g/mol. The van der Waals surface area contributed by atoms with Crippen LogP contribution in [0.3, 0.4) is 0 Å². The van der Waals surface area contributed by atoms with E-state index in [1.807, 2.05) is 0 Å². The van der Waals surface area contributed by atoms with Gasteiger partial charge in [-0.2, -0.15) is 4.68 Å². The van der Waals surface area contributed by atoms with Gasteiger partial charge in [0.2, 0.25) is 0 Å². The van der Waals surface area contributed by atoms with Crippen molar-refractivity contribution in [1.29, 1.82) is 0 Å². The molecule has 0 radical (unpaired) electrons. The Labute approximate surface area is 96.1 Å². The van der Waals surface area contributed by atoms with Gasteiger partial charge < -0.3 is 4.74 Å². The number of ether oxygens (including phenoxy) is 1. The molecule has 2 aromatic heterocycles. The summed E-state index contributed by atoms with van der Waals surface area (Å²) in [5.41, 5.74) is 0.129. The van der Waals surface area contributed by atoms with Crippen molar-refractivity contribution < 1.29 is 9.53 Å². The first-order valence-electron chi connectivity index (χ1n) is 4.86. The molecule has 0 aliphatic rings. The molecule has 0 bridgehead atoms. The molecule has 2 aromatic rings. The maximum atomic E-state index is 11.6. The Bertz CT molecular complexity index is 573. The van der Waals surface area contributed by atoms with Crippen LogP contribution in [0, 0.1) is 0 Å². The van der Waals surface area contributed by atoms with Crippen molar-refractivity contribution in [2.24, 2.45) is 0 Å². The fourth-order valence-corrected chi connectivity index (χ4v) is 1.32. The van der Waals surface area contributed by atoms with Crippen LogP contribution in [-0.4, -0.2) is 32.8 Å². The topological polar surface area (TPSA) is 89.9 Å². The van der Waals surface area contributed by atoms with Crippen molar-refractivity contribution in [2.45, 2.75) is 6.42 Å². The van der Waals surface area contributed by atoms with Gasteiger partial charge in [-0.25, -0.2) is 9.97 Å². The van der Waals surface area contributed by atoms with Crippen molar-refractivity contribution in [3.05, 3.63) is 40.6 Å². The molecule has 0 atom stereocenters. The number of hydrogen-bond acceptors (Lipinski definition) is 5. The first-order chi connectivity index (χ1) is 8.20. The highest BCUT2D eigenvalue weighted by Gasteiger charge is 2.10. The molecule has 0 aliphatic carbocycles. The van der Waals surface area contributed by atoms with Gasteiger partial charge in [0.05, 0.1) is 13.5 Å². The molecule has 0 aromatic carbocycles. The fourth-order valence-electron chi connectivity index (χ4n) is 1.32. The highest BCUT2D eigenvalue weighted by molar-refractivity contribution is 5.71. The number of aromatic nitrogens is 4. The van der Waals surface area contributed by atoms with Gasteiger partial charge in [-0.15, -0.1) is 0 Å². The Hall–Kier alpha value is -2.44. The van der Waals surface area contributed by atoms with Gasteiger partial charge in [-0.3, -0.25) is 14.7 Å². The summed E-state index contributed by atoms with van der Waals surface area (Å²) in [5.74, 6) is -0.194. The quantitative estimate of drug-likeness (QED) is 0.734. The number of H-pyrrole nitrogens is 1. The molecule has 1 N–H and O–H groups in total. The van der Waals surface area contributed by atoms with Gasteiger partial charge >= 0.3 is 5.97 Å². The maximum Gasteiger partial charge on any atom is 0.311 e. The molecule has 17 heavy (non-hydrogen) atoms. The van der Waals surface area contributed by atoms with Gasteiger partial charge in [-0.1, -0.05) is 0 Å². The number of nitrogens with one attached hydrogen (secondary N) is 1. The van der Waals surface area contributed by atoms with Crippen molar-refractivity contribution in [3.63, 3.8) is 0 Å². The van der Waals surface area contributed by atoms with E-state index in [4.69, 9.17) is 0 Å². The van der Waals surface area contributed by atoms with Gasteiger partial charge in [-0.05, 0) is 6.07 Å². The number of nitrogens with zero attached hydrogens (tertiary/aromatic N) is 3. The zero-order valence-electron chi connectivity index (χ0n) is 9.08. The molecule has 2 heterocycles. The van der Waals surface area contributed by atoms with E-state index in [1.54, 1.807) is 6.07 Å². The zero-order valence-corrected chi connectivity index (χ0v) is 9.08. The van der Waals surface area contributed by atoms with Crippen LogP contribution in [0.1, 0.15) is 5.69 Å². The molecule has 2 rings (SSSR count). The minimum absolute atomic E-state index is 0.00553.